The Labute approximate surface area is 88.8 Å². The van der Waals surface area contributed by atoms with Crippen molar-refractivity contribution in [2.75, 3.05) is 26.2 Å². The van der Waals surface area contributed by atoms with E-state index in [2.05, 4.69) is 15.5 Å². The van der Waals surface area contributed by atoms with Gasteiger partial charge in [0.15, 0.2) is 0 Å². The van der Waals surface area contributed by atoms with Crippen molar-refractivity contribution in [1.82, 2.24) is 20.4 Å². The van der Waals surface area contributed by atoms with E-state index in [9.17, 15) is 4.79 Å². The lowest BCUT2D eigenvalue weighted by molar-refractivity contribution is 0.0760. The van der Waals surface area contributed by atoms with Gasteiger partial charge in [0, 0.05) is 25.3 Å². The summed E-state index contributed by atoms with van der Waals surface area (Å²) in [5.74, 6) is 0.0306. The number of carbonyl (C=O) groups excluding carboxylic acids is 1. The lowest BCUT2D eigenvalue weighted by atomic mass is 10.3. The molecule has 1 saturated heterocycles. The molecule has 0 atom stereocenters. The molecule has 0 aliphatic carbocycles. The van der Waals surface area contributed by atoms with Gasteiger partial charge in [-0.15, -0.1) is 0 Å². The van der Waals surface area contributed by atoms with Crippen LogP contribution in [0, 0.1) is 6.92 Å². The number of amides is 1. The largest absolute Gasteiger partial charge is 0.336 e. The summed E-state index contributed by atoms with van der Waals surface area (Å²) in [4.78, 5) is 13.8. The molecule has 5 heteroatoms. The second kappa shape index (κ2) is 4.44. The molecule has 5 nitrogen and oxygen atoms in total. The highest BCUT2D eigenvalue weighted by Crippen LogP contribution is 2.05. The molecule has 0 unspecified atom stereocenters. The zero-order chi connectivity index (χ0) is 10.7. The van der Waals surface area contributed by atoms with Gasteiger partial charge in [0.1, 0.15) is 5.69 Å². The van der Waals surface area contributed by atoms with Crippen LogP contribution in [0.2, 0.25) is 0 Å². The Balaban J connectivity index is 2.06. The van der Waals surface area contributed by atoms with Crippen LogP contribution < -0.4 is 5.32 Å². The fourth-order valence-electron chi connectivity index (χ4n) is 1.74. The van der Waals surface area contributed by atoms with E-state index >= 15 is 0 Å². The van der Waals surface area contributed by atoms with Gasteiger partial charge < -0.3 is 10.2 Å². The third-order valence-electron chi connectivity index (χ3n) is 2.55. The molecule has 1 aromatic heterocycles. The second-order valence-electron chi connectivity index (χ2n) is 3.83. The summed E-state index contributed by atoms with van der Waals surface area (Å²) < 4.78 is 0. The SMILES string of the molecule is Cc1cc(C(=O)N2CCCNCC2)n[nH]1. The van der Waals surface area contributed by atoms with Crippen molar-refractivity contribution in [1.29, 1.82) is 0 Å². The van der Waals surface area contributed by atoms with Crippen molar-refractivity contribution in [2.24, 2.45) is 0 Å². The first kappa shape index (κ1) is 10.2. The minimum absolute atomic E-state index is 0.0306. The Morgan fingerprint density at radius 3 is 3.07 bits per heavy atom. The number of hydrogen-bond acceptors (Lipinski definition) is 3. The normalized spacial score (nSPS) is 17.5. The Kier molecular flexibility index (Phi) is 3.01. The number of rotatable bonds is 1. The molecule has 1 aliphatic rings. The Hall–Kier alpha value is -1.36. The molecule has 0 spiro atoms. The number of aryl methyl sites for hydroxylation is 1. The van der Waals surface area contributed by atoms with Crippen LogP contribution >= 0.6 is 0 Å². The second-order valence-corrected chi connectivity index (χ2v) is 3.83. The number of nitrogens with one attached hydrogen (secondary N) is 2. The summed E-state index contributed by atoms with van der Waals surface area (Å²) >= 11 is 0. The van der Waals surface area contributed by atoms with Crippen LogP contribution in [-0.4, -0.2) is 47.2 Å². The van der Waals surface area contributed by atoms with Gasteiger partial charge in [-0.2, -0.15) is 5.10 Å². The number of H-pyrrole nitrogens is 1. The van der Waals surface area contributed by atoms with E-state index in [0.717, 1.165) is 38.3 Å². The van der Waals surface area contributed by atoms with Crippen molar-refractivity contribution in [3.63, 3.8) is 0 Å². The summed E-state index contributed by atoms with van der Waals surface area (Å²) in [6.07, 6.45) is 1.01. The molecule has 2 heterocycles. The third kappa shape index (κ3) is 2.36. The minimum atomic E-state index is 0.0306. The minimum Gasteiger partial charge on any atom is -0.336 e. The first-order valence-corrected chi connectivity index (χ1v) is 5.29. The molecule has 0 aromatic carbocycles. The molecular weight excluding hydrogens is 192 g/mol. The smallest absolute Gasteiger partial charge is 0.274 e. The van der Waals surface area contributed by atoms with Crippen LogP contribution in [0.15, 0.2) is 6.07 Å². The molecular formula is C10H16N4O. The fraction of sp³-hybridized carbons (Fsp3) is 0.600. The quantitative estimate of drug-likeness (QED) is 0.691. The van der Waals surface area contributed by atoms with Crippen LogP contribution in [0.5, 0.6) is 0 Å². The molecule has 1 aliphatic heterocycles. The van der Waals surface area contributed by atoms with E-state index in [1.165, 1.54) is 0 Å². The van der Waals surface area contributed by atoms with Gasteiger partial charge in [0.25, 0.3) is 5.91 Å². The van der Waals surface area contributed by atoms with E-state index in [4.69, 9.17) is 0 Å². The van der Waals surface area contributed by atoms with Gasteiger partial charge >= 0.3 is 0 Å². The zero-order valence-electron chi connectivity index (χ0n) is 8.92. The predicted molar refractivity (Wildman–Crippen MR) is 56.7 cm³/mol. The molecule has 2 N–H and O–H groups in total. The first-order valence-electron chi connectivity index (χ1n) is 5.29. The van der Waals surface area contributed by atoms with Crippen molar-refractivity contribution in [3.8, 4) is 0 Å². The van der Waals surface area contributed by atoms with Crippen molar-refractivity contribution in [2.45, 2.75) is 13.3 Å². The number of carbonyl (C=O) groups is 1. The van der Waals surface area contributed by atoms with E-state index < -0.39 is 0 Å². The maximum Gasteiger partial charge on any atom is 0.274 e. The maximum absolute atomic E-state index is 12.0. The molecule has 82 valence electrons. The predicted octanol–water partition coefficient (Wildman–Crippen LogP) is 0.154. The molecule has 2 rings (SSSR count). The number of aromatic amines is 1. The van der Waals surface area contributed by atoms with Gasteiger partial charge in [-0.3, -0.25) is 9.89 Å². The Bertz CT molecular complexity index is 339. The molecule has 0 saturated carbocycles. The van der Waals surface area contributed by atoms with Crippen LogP contribution in [0.4, 0.5) is 0 Å². The number of aromatic nitrogens is 2. The lowest BCUT2D eigenvalue weighted by Crippen LogP contribution is -2.34. The molecule has 1 amide bonds. The van der Waals surface area contributed by atoms with Gasteiger partial charge in [0.2, 0.25) is 0 Å². The molecule has 0 radical (unpaired) electrons. The van der Waals surface area contributed by atoms with E-state index in [1.54, 1.807) is 6.07 Å². The Morgan fingerprint density at radius 1 is 1.47 bits per heavy atom. The third-order valence-corrected chi connectivity index (χ3v) is 2.55. The van der Waals surface area contributed by atoms with Gasteiger partial charge in [-0.05, 0) is 26.0 Å². The summed E-state index contributed by atoms with van der Waals surface area (Å²) in [7, 11) is 0. The highest BCUT2D eigenvalue weighted by atomic mass is 16.2. The standard InChI is InChI=1S/C10H16N4O/c1-8-7-9(13-12-8)10(15)14-5-2-3-11-4-6-14/h7,11H,2-6H2,1H3,(H,12,13). The topological polar surface area (TPSA) is 61.0 Å². The molecule has 0 bridgehead atoms. The highest BCUT2D eigenvalue weighted by molar-refractivity contribution is 5.92. The first-order chi connectivity index (χ1) is 7.27. The van der Waals surface area contributed by atoms with Crippen molar-refractivity contribution in [3.05, 3.63) is 17.5 Å². The van der Waals surface area contributed by atoms with Crippen molar-refractivity contribution >= 4 is 5.91 Å². The van der Waals surface area contributed by atoms with Crippen molar-refractivity contribution < 1.29 is 4.79 Å². The molecule has 1 aromatic rings. The van der Waals surface area contributed by atoms with E-state index in [1.807, 2.05) is 11.8 Å². The lowest BCUT2D eigenvalue weighted by Gasteiger charge is -2.18. The van der Waals surface area contributed by atoms with E-state index in [0.29, 0.717) is 5.69 Å². The number of nitrogens with zero attached hydrogens (tertiary/aromatic N) is 2. The maximum atomic E-state index is 12.0. The fourth-order valence-corrected chi connectivity index (χ4v) is 1.74. The summed E-state index contributed by atoms with van der Waals surface area (Å²) in [5.41, 5.74) is 1.45. The molecule has 1 fully saturated rings. The zero-order valence-corrected chi connectivity index (χ0v) is 8.92. The van der Waals surface area contributed by atoms with Gasteiger partial charge in [-0.25, -0.2) is 0 Å². The van der Waals surface area contributed by atoms with E-state index in [-0.39, 0.29) is 5.91 Å². The average molecular weight is 208 g/mol. The summed E-state index contributed by atoms with van der Waals surface area (Å²) in [6.45, 7) is 5.34. The van der Waals surface area contributed by atoms with Crippen LogP contribution in [0.3, 0.4) is 0 Å². The Morgan fingerprint density at radius 2 is 2.33 bits per heavy atom. The van der Waals surface area contributed by atoms with Gasteiger partial charge in [0.05, 0.1) is 0 Å². The average Bonchev–Trinajstić information content (AvgIpc) is 2.53. The highest BCUT2D eigenvalue weighted by Gasteiger charge is 2.18. The van der Waals surface area contributed by atoms with Crippen LogP contribution in [0.1, 0.15) is 22.6 Å². The molecule has 15 heavy (non-hydrogen) atoms. The summed E-state index contributed by atoms with van der Waals surface area (Å²) in [5, 5.41) is 10.0. The monoisotopic (exact) mass is 208 g/mol. The summed E-state index contributed by atoms with van der Waals surface area (Å²) in [6, 6.07) is 1.79. The van der Waals surface area contributed by atoms with Crippen LogP contribution in [-0.2, 0) is 0 Å². The van der Waals surface area contributed by atoms with Crippen LogP contribution in [0.25, 0.3) is 0 Å². The number of hydrogen-bond donors (Lipinski definition) is 2. The van der Waals surface area contributed by atoms with Gasteiger partial charge in [-0.1, -0.05) is 0 Å².